The number of carbonyl (C=O) groups excluding carboxylic acids is 1. The molecular weight excluding hydrogens is 248 g/mol. The van der Waals surface area contributed by atoms with Crippen LogP contribution in [0.25, 0.3) is 0 Å². The second kappa shape index (κ2) is 4.24. The molecule has 1 aliphatic carbocycles. The van der Waals surface area contributed by atoms with Gasteiger partial charge >= 0.3 is 0 Å². The molecule has 0 spiro atoms. The van der Waals surface area contributed by atoms with Gasteiger partial charge in [0.25, 0.3) is 5.91 Å². The Labute approximate surface area is 109 Å². The lowest BCUT2D eigenvalue weighted by molar-refractivity contribution is 0.0940. The fourth-order valence-corrected chi connectivity index (χ4v) is 3.04. The molecule has 0 atom stereocenters. The zero-order valence-electron chi connectivity index (χ0n) is 10.1. The minimum atomic E-state index is -0.158. The van der Waals surface area contributed by atoms with Gasteiger partial charge < -0.3 is 9.84 Å². The number of amides is 1. The first kappa shape index (κ1) is 11.5. The van der Waals surface area contributed by atoms with Crippen LogP contribution in [0.15, 0.2) is 28.1 Å². The Kier molecular flexibility index (Phi) is 2.70. The van der Waals surface area contributed by atoms with Crippen molar-refractivity contribution < 1.29 is 9.32 Å². The first-order chi connectivity index (χ1) is 8.70. The summed E-state index contributed by atoms with van der Waals surface area (Å²) in [5.74, 6) is 0.495. The molecule has 2 aromatic rings. The number of rotatable bonds is 4. The number of aromatic nitrogens is 1. The van der Waals surface area contributed by atoms with Gasteiger partial charge in [0.05, 0.1) is 0 Å². The summed E-state index contributed by atoms with van der Waals surface area (Å²) in [7, 11) is 0. The van der Waals surface area contributed by atoms with Crippen LogP contribution in [0.2, 0.25) is 0 Å². The first-order valence-electron chi connectivity index (χ1n) is 5.95. The summed E-state index contributed by atoms with van der Waals surface area (Å²) in [6, 6.07) is 5.85. The van der Waals surface area contributed by atoms with E-state index in [0.29, 0.717) is 18.0 Å². The maximum atomic E-state index is 11.9. The Bertz CT molecular complexity index is 555. The Balaban J connectivity index is 1.64. The molecule has 2 aromatic heterocycles. The molecule has 0 unspecified atom stereocenters. The zero-order valence-corrected chi connectivity index (χ0v) is 10.9. The molecule has 5 heteroatoms. The van der Waals surface area contributed by atoms with Gasteiger partial charge in [0.2, 0.25) is 0 Å². The third kappa shape index (κ3) is 2.06. The van der Waals surface area contributed by atoms with Crippen LogP contribution in [0.4, 0.5) is 0 Å². The van der Waals surface area contributed by atoms with Crippen molar-refractivity contribution in [3.63, 3.8) is 0 Å². The lowest BCUT2D eigenvalue weighted by atomic mass is 10.1. The number of carbonyl (C=O) groups is 1. The molecule has 1 aliphatic rings. The van der Waals surface area contributed by atoms with E-state index in [9.17, 15) is 4.79 Å². The fraction of sp³-hybridized carbons (Fsp3) is 0.385. The molecule has 1 saturated carbocycles. The number of hydrogen-bond donors (Lipinski definition) is 1. The molecule has 0 saturated heterocycles. The van der Waals surface area contributed by atoms with Gasteiger partial charge in [-0.25, -0.2) is 0 Å². The van der Waals surface area contributed by atoms with Crippen molar-refractivity contribution in [3.05, 3.63) is 39.9 Å². The van der Waals surface area contributed by atoms with Crippen molar-refractivity contribution in [2.24, 2.45) is 0 Å². The highest BCUT2D eigenvalue weighted by Crippen LogP contribution is 2.49. The van der Waals surface area contributed by atoms with E-state index in [1.807, 2.05) is 0 Å². The second-order valence-corrected chi connectivity index (χ2v) is 5.71. The molecule has 1 N–H and O–H groups in total. The van der Waals surface area contributed by atoms with Crippen LogP contribution in [-0.2, 0) is 5.41 Å². The van der Waals surface area contributed by atoms with E-state index in [2.05, 4.69) is 28.0 Å². The van der Waals surface area contributed by atoms with Gasteiger partial charge in [0, 0.05) is 22.9 Å². The van der Waals surface area contributed by atoms with Crippen LogP contribution in [0.3, 0.4) is 0 Å². The summed E-state index contributed by atoms with van der Waals surface area (Å²) in [5, 5.41) is 8.75. The molecule has 0 radical (unpaired) electrons. The average molecular weight is 262 g/mol. The molecule has 2 heterocycles. The molecular formula is C13H14N2O2S. The van der Waals surface area contributed by atoms with Crippen LogP contribution >= 0.6 is 11.3 Å². The van der Waals surface area contributed by atoms with Crippen molar-refractivity contribution in [3.8, 4) is 0 Å². The molecule has 18 heavy (non-hydrogen) atoms. The second-order valence-electron chi connectivity index (χ2n) is 4.76. The summed E-state index contributed by atoms with van der Waals surface area (Å²) in [6.45, 7) is 2.45. The van der Waals surface area contributed by atoms with Crippen molar-refractivity contribution in [1.82, 2.24) is 10.5 Å². The molecule has 0 aromatic carbocycles. The lowest BCUT2D eigenvalue weighted by Crippen LogP contribution is -2.32. The van der Waals surface area contributed by atoms with E-state index >= 15 is 0 Å². The standard InChI is InChI=1S/C13H14N2O2S/c1-9-7-10(15-17-9)12(16)14-8-13(4-5-13)11-3-2-6-18-11/h2-3,6-7H,4-5,8H2,1H3,(H,14,16). The fourth-order valence-electron chi connectivity index (χ4n) is 2.05. The predicted octanol–water partition coefficient (Wildman–Crippen LogP) is 2.51. The van der Waals surface area contributed by atoms with Gasteiger partial charge in [-0.05, 0) is 31.2 Å². The van der Waals surface area contributed by atoms with E-state index in [1.165, 1.54) is 4.88 Å². The Hall–Kier alpha value is -1.62. The van der Waals surface area contributed by atoms with Gasteiger partial charge in [-0.1, -0.05) is 11.2 Å². The largest absolute Gasteiger partial charge is 0.361 e. The normalized spacial score (nSPS) is 16.5. The average Bonchev–Trinajstić information content (AvgIpc) is 2.82. The van der Waals surface area contributed by atoms with E-state index in [4.69, 9.17) is 4.52 Å². The van der Waals surface area contributed by atoms with Crippen molar-refractivity contribution in [2.45, 2.75) is 25.2 Å². The quantitative estimate of drug-likeness (QED) is 0.921. The maximum absolute atomic E-state index is 11.9. The topological polar surface area (TPSA) is 55.1 Å². The number of aryl methyl sites for hydroxylation is 1. The number of hydrogen-bond acceptors (Lipinski definition) is 4. The summed E-state index contributed by atoms with van der Waals surface area (Å²) in [4.78, 5) is 13.2. The minimum absolute atomic E-state index is 0.158. The number of thiophene rings is 1. The summed E-state index contributed by atoms with van der Waals surface area (Å²) in [6.07, 6.45) is 2.29. The third-order valence-corrected chi connectivity index (χ3v) is 4.46. The molecule has 1 amide bonds. The zero-order chi connectivity index (χ0) is 12.6. The van der Waals surface area contributed by atoms with Crippen molar-refractivity contribution in [2.75, 3.05) is 6.54 Å². The van der Waals surface area contributed by atoms with Crippen LogP contribution in [-0.4, -0.2) is 17.6 Å². The maximum Gasteiger partial charge on any atom is 0.273 e. The molecule has 0 bridgehead atoms. The Morgan fingerprint density at radius 3 is 3.00 bits per heavy atom. The SMILES string of the molecule is Cc1cc(C(=O)NCC2(c3cccs3)CC2)no1. The first-order valence-corrected chi connectivity index (χ1v) is 6.83. The van der Waals surface area contributed by atoms with Crippen LogP contribution in [0.1, 0.15) is 34.0 Å². The molecule has 1 fully saturated rings. The lowest BCUT2D eigenvalue weighted by Gasteiger charge is -2.13. The van der Waals surface area contributed by atoms with E-state index in [0.717, 1.165) is 12.8 Å². The highest BCUT2D eigenvalue weighted by Gasteiger charge is 2.45. The van der Waals surface area contributed by atoms with Gasteiger partial charge in [-0.2, -0.15) is 0 Å². The highest BCUT2D eigenvalue weighted by atomic mass is 32.1. The van der Waals surface area contributed by atoms with Gasteiger partial charge in [-0.15, -0.1) is 11.3 Å². The predicted molar refractivity (Wildman–Crippen MR) is 68.8 cm³/mol. The summed E-state index contributed by atoms with van der Waals surface area (Å²) < 4.78 is 4.90. The van der Waals surface area contributed by atoms with E-state index < -0.39 is 0 Å². The monoisotopic (exact) mass is 262 g/mol. The molecule has 4 nitrogen and oxygen atoms in total. The van der Waals surface area contributed by atoms with Gasteiger partial charge in [0.15, 0.2) is 5.69 Å². The molecule has 3 rings (SSSR count). The van der Waals surface area contributed by atoms with Crippen LogP contribution in [0.5, 0.6) is 0 Å². The smallest absolute Gasteiger partial charge is 0.273 e. The highest BCUT2D eigenvalue weighted by molar-refractivity contribution is 7.10. The summed E-state index contributed by atoms with van der Waals surface area (Å²) >= 11 is 1.76. The van der Waals surface area contributed by atoms with E-state index in [1.54, 1.807) is 24.3 Å². The van der Waals surface area contributed by atoms with Crippen molar-refractivity contribution in [1.29, 1.82) is 0 Å². The van der Waals surface area contributed by atoms with Crippen LogP contribution in [0, 0.1) is 6.92 Å². The molecule has 94 valence electrons. The van der Waals surface area contributed by atoms with Crippen LogP contribution < -0.4 is 5.32 Å². The summed E-state index contributed by atoms with van der Waals surface area (Å²) in [5.41, 5.74) is 0.525. The molecule has 0 aliphatic heterocycles. The number of nitrogens with one attached hydrogen (secondary N) is 1. The Morgan fingerprint density at radius 2 is 2.44 bits per heavy atom. The minimum Gasteiger partial charge on any atom is -0.361 e. The number of nitrogens with zero attached hydrogens (tertiary/aromatic N) is 1. The van der Waals surface area contributed by atoms with Gasteiger partial charge in [-0.3, -0.25) is 4.79 Å². The van der Waals surface area contributed by atoms with Crippen molar-refractivity contribution >= 4 is 17.2 Å². The van der Waals surface area contributed by atoms with Gasteiger partial charge in [0.1, 0.15) is 5.76 Å². The third-order valence-electron chi connectivity index (χ3n) is 3.35. The Morgan fingerprint density at radius 1 is 1.61 bits per heavy atom. The van der Waals surface area contributed by atoms with E-state index in [-0.39, 0.29) is 11.3 Å².